The lowest BCUT2D eigenvalue weighted by Gasteiger charge is -2.27. The molecule has 1 aromatic carbocycles. The van der Waals surface area contributed by atoms with Gasteiger partial charge in [-0.05, 0) is 24.3 Å². The minimum Gasteiger partial charge on any atom is -0.472 e. The molecule has 6 nitrogen and oxygen atoms in total. The third kappa shape index (κ3) is 5.38. The number of hydrogen-bond donors (Lipinski definition) is 2. The van der Waals surface area contributed by atoms with E-state index in [1.54, 1.807) is 12.1 Å². The van der Waals surface area contributed by atoms with Gasteiger partial charge in [-0.25, -0.2) is 15.0 Å². The molecule has 0 radical (unpaired) electrons. The topological polar surface area (TPSA) is 72.0 Å². The normalized spacial score (nSPS) is 12.8. The second-order valence-corrected chi connectivity index (χ2v) is 6.21. The fraction of sp³-hybridized carbons (Fsp3) is 0.188. The molecule has 3 heterocycles. The Labute approximate surface area is 184 Å². The maximum absolute atomic E-state index is 6.06. The average Bonchev–Trinajstić information content (AvgIpc) is 2.55. The zero-order valence-corrected chi connectivity index (χ0v) is 17.6. The molecule has 27 heavy (non-hydrogen) atoms. The Kier molecular flexibility index (Phi) is 9.08. The number of pyridine rings is 1. The van der Waals surface area contributed by atoms with Crippen LogP contribution in [0.5, 0.6) is 5.88 Å². The second-order valence-electron chi connectivity index (χ2n) is 5.39. The minimum absolute atomic E-state index is 0. The zero-order chi connectivity index (χ0) is 16.5. The number of ether oxygens (including phenoxy) is 1. The van der Waals surface area contributed by atoms with Gasteiger partial charge in [-0.1, -0.05) is 23.2 Å². The van der Waals surface area contributed by atoms with E-state index in [0.717, 1.165) is 24.3 Å². The van der Waals surface area contributed by atoms with Crippen molar-refractivity contribution in [2.24, 2.45) is 0 Å². The predicted octanol–water partition coefficient (Wildman–Crippen LogP) is 4.69. The van der Waals surface area contributed by atoms with Crippen LogP contribution in [0.1, 0.15) is 0 Å². The number of rotatable bonds is 4. The smallest absolute Gasteiger partial charge is 0.214 e. The van der Waals surface area contributed by atoms with Crippen LogP contribution in [0.25, 0.3) is 11.0 Å². The maximum Gasteiger partial charge on any atom is 0.214 e. The fourth-order valence-corrected chi connectivity index (χ4v) is 2.60. The number of anilines is 2. The fourth-order valence-electron chi connectivity index (χ4n) is 2.31. The van der Waals surface area contributed by atoms with Gasteiger partial charge in [0, 0.05) is 24.8 Å². The van der Waals surface area contributed by atoms with Gasteiger partial charge >= 0.3 is 0 Å². The lowest BCUT2D eigenvalue weighted by molar-refractivity contribution is 0.136. The van der Waals surface area contributed by atoms with Crippen LogP contribution in [0.3, 0.4) is 0 Å². The number of halogens is 5. The van der Waals surface area contributed by atoms with E-state index in [1.165, 1.54) is 6.33 Å². The largest absolute Gasteiger partial charge is 0.472 e. The molecule has 1 saturated heterocycles. The van der Waals surface area contributed by atoms with E-state index in [1.807, 2.05) is 18.2 Å². The molecule has 0 spiro atoms. The van der Waals surface area contributed by atoms with Crippen molar-refractivity contribution in [3.05, 3.63) is 46.7 Å². The number of nitrogens with zero attached hydrogens (tertiary/aromatic N) is 3. The van der Waals surface area contributed by atoms with E-state index in [4.69, 9.17) is 27.9 Å². The number of aromatic nitrogens is 3. The molecule has 3 aromatic rings. The van der Waals surface area contributed by atoms with Crippen LogP contribution < -0.4 is 15.4 Å². The van der Waals surface area contributed by atoms with Crippen LogP contribution in [0.4, 0.5) is 11.5 Å². The summed E-state index contributed by atoms with van der Waals surface area (Å²) in [6, 6.07) is 8.96. The highest BCUT2D eigenvalue weighted by molar-refractivity contribution is 6.42. The summed E-state index contributed by atoms with van der Waals surface area (Å²) in [5.74, 6) is 1.14. The lowest BCUT2D eigenvalue weighted by atomic mass is 10.2. The van der Waals surface area contributed by atoms with Gasteiger partial charge in [-0.3, -0.25) is 0 Å². The van der Waals surface area contributed by atoms with Crippen molar-refractivity contribution in [1.29, 1.82) is 0 Å². The molecule has 1 aliphatic rings. The van der Waals surface area contributed by atoms with E-state index in [2.05, 4.69) is 25.6 Å². The Morgan fingerprint density at radius 3 is 2.44 bits per heavy atom. The summed E-state index contributed by atoms with van der Waals surface area (Å²) in [5.41, 5.74) is 2.13. The van der Waals surface area contributed by atoms with Crippen LogP contribution in [0, 0.1) is 0 Å². The number of benzene rings is 1. The van der Waals surface area contributed by atoms with Crippen molar-refractivity contribution in [2.75, 3.05) is 18.4 Å². The van der Waals surface area contributed by atoms with Gasteiger partial charge in [0.05, 0.1) is 15.6 Å². The molecule has 0 saturated carbocycles. The monoisotopic (exact) mass is 469 g/mol. The Morgan fingerprint density at radius 2 is 1.78 bits per heavy atom. The molecule has 2 N–H and O–H groups in total. The molecule has 146 valence electrons. The molecule has 1 aliphatic heterocycles. The third-order valence-electron chi connectivity index (χ3n) is 3.67. The molecule has 4 rings (SSSR count). The maximum atomic E-state index is 6.06. The van der Waals surface area contributed by atoms with E-state index in [-0.39, 0.29) is 43.3 Å². The quantitative estimate of drug-likeness (QED) is 0.575. The van der Waals surface area contributed by atoms with Crippen LogP contribution in [-0.2, 0) is 0 Å². The first-order chi connectivity index (χ1) is 11.7. The highest BCUT2D eigenvalue weighted by Gasteiger charge is 2.19. The summed E-state index contributed by atoms with van der Waals surface area (Å²) in [4.78, 5) is 13.1. The molecule has 2 aromatic heterocycles. The Hall–Kier alpha value is -1.28. The molecule has 0 bridgehead atoms. The van der Waals surface area contributed by atoms with Crippen LogP contribution in [0.2, 0.25) is 10.0 Å². The number of hydrogen-bond acceptors (Lipinski definition) is 6. The summed E-state index contributed by atoms with van der Waals surface area (Å²) in [7, 11) is 0. The van der Waals surface area contributed by atoms with Gasteiger partial charge < -0.3 is 15.4 Å². The van der Waals surface area contributed by atoms with E-state index < -0.39 is 0 Å². The molecule has 0 aliphatic carbocycles. The summed E-state index contributed by atoms with van der Waals surface area (Å²) in [6.45, 7) is 1.67. The first kappa shape index (κ1) is 23.8. The SMILES string of the molecule is Cl.Cl.Cl.Clc1ccc(Nc2ncnc3ccc(OC4CNC4)nc23)cc1Cl. The third-order valence-corrected chi connectivity index (χ3v) is 4.41. The average molecular weight is 472 g/mol. The van der Waals surface area contributed by atoms with Crippen LogP contribution in [0.15, 0.2) is 36.7 Å². The highest BCUT2D eigenvalue weighted by Crippen LogP contribution is 2.28. The molecule has 0 atom stereocenters. The molecular formula is C16H16Cl5N5O. The standard InChI is InChI=1S/C16H13Cl2N5O.3ClH/c17-11-2-1-9(5-12(11)18)22-16-15-13(20-8-21-16)3-4-14(23-15)24-10-6-19-7-10;;;/h1-5,8,10,19H,6-7H2,(H,20,21,22);3*1H. The summed E-state index contributed by atoms with van der Waals surface area (Å²) < 4.78 is 5.80. The van der Waals surface area contributed by atoms with Gasteiger partial charge in [0.1, 0.15) is 17.9 Å². The summed E-state index contributed by atoms with van der Waals surface area (Å²) in [6.07, 6.45) is 1.64. The Balaban J connectivity index is 0.00000121. The number of nitrogens with one attached hydrogen (secondary N) is 2. The first-order valence-electron chi connectivity index (χ1n) is 7.40. The summed E-state index contributed by atoms with van der Waals surface area (Å²) >= 11 is 12.0. The molecule has 0 amide bonds. The summed E-state index contributed by atoms with van der Waals surface area (Å²) in [5, 5.41) is 7.32. The second kappa shape index (κ2) is 10.3. The van der Waals surface area contributed by atoms with Gasteiger partial charge in [0.2, 0.25) is 5.88 Å². The van der Waals surface area contributed by atoms with E-state index in [0.29, 0.717) is 27.3 Å². The lowest BCUT2D eigenvalue weighted by Crippen LogP contribution is -2.50. The van der Waals surface area contributed by atoms with Crippen molar-refractivity contribution in [2.45, 2.75) is 6.10 Å². The van der Waals surface area contributed by atoms with Crippen molar-refractivity contribution in [3.8, 4) is 5.88 Å². The molecule has 0 unspecified atom stereocenters. The van der Waals surface area contributed by atoms with Gasteiger partial charge in [-0.15, -0.1) is 37.2 Å². The highest BCUT2D eigenvalue weighted by atomic mass is 35.5. The Bertz CT molecular complexity index is 910. The van der Waals surface area contributed by atoms with Crippen molar-refractivity contribution >= 4 is 83.0 Å². The predicted molar refractivity (Wildman–Crippen MR) is 116 cm³/mol. The molecule has 1 fully saturated rings. The first-order valence-corrected chi connectivity index (χ1v) is 8.16. The molecule has 11 heteroatoms. The Morgan fingerprint density at radius 1 is 1.00 bits per heavy atom. The molecular weight excluding hydrogens is 455 g/mol. The van der Waals surface area contributed by atoms with Gasteiger partial charge in [0.15, 0.2) is 5.82 Å². The zero-order valence-electron chi connectivity index (χ0n) is 13.7. The van der Waals surface area contributed by atoms with Gasteiger partial charge in [-0.2, -0.15) is 0 Å². The van der Waals surface area contributed by atoms with Crippen molar-refractivity contribution in [3.63, 3.8) is 0 Å². The van der Waals surface area contributed by atoms with E-state index in [9.17, 15) is 0 Å². The number of fused-ring (bicyclic) bond motifs is 1. The minimum atomic E-state index is 0. The van der Waals surface area contributed by atoms with Crippen LogP contribution in [-0.4, -0.2) is 34.1 Å². The van der Waals surface area contributed by atoms with Crippen molar-refractivity contribution in [1.82, 2.24) is 20.3 Å². The van der Waals surface area contributed by atoms with E-state index >= 15 is 0 Å². The van der Waals surface area contributed by atoms with Gasteiger partial charge in [0.25, 0.3) is 0 Å². The van der Waals surface area contributed by atoms with Crippen LogP contribution >= 0.6 is 60.4 Å². The van der Waals surface area contributed by atoms with Crippen molar-refractivity contribution < 1.29 is 4.74 Å².